The molecule has 0 radical (unpaired) electrons. The molecule has 2 saturated heterocycles. The average Bonchev–Trinajstić information content (AvgIpc) is 3.26. The molecule has 26 heavy (non-hydrogen) atoms. The lowest BCUT2D eigenvalue weighted by Crippen LogP contribution is -2.64. The highest BCUT2D eigenvalue weighted by Gasteiger charge is 2.75. The molecule has 0 aromatic rings. The van der Waals surface area contributed by atoms with Crippen LogP contribution in [0.4, 0.5) is 0 Å². The molecule has 2 aliphatic heterocycles. The molecule has 3 fully saturated rings. The molecule has 0 amide bonds. The maximum Gasteiger partial charge on any atom is 0.140 e. The van der Waals surface area contributed by atoms with Crippen molar-refractivity contribution in [2.45, 2.75) is 87.4 Å². The van der Waals surface area contributed by atoms with Crippen molar-refractivity contribution < 1.29 is 35.0 Å². The summed E-state index contributed by atoms with van der Waals surface area (Å²) in [6.07, 6.45) is 2.98. The van der Waals surface area contributed by atoms with E-state index in [1.807, 2.05) is 6.92 Å². The number of hydrogen-bond acceptors (Lipinski definition) is 7. The predicted octanol–water partition coefficient (Wildman–Crippen LogP) is -0.206. The smallest absolute Gasteiger partial charge is 0.140 e. The minimum atomic E-state index is -1.83. The second-order valence-corrected chi connectivity index (χ2v) is 8.28. The summed E-state index contributed by atoms with van der Waals surface area (Å²) in [6, 6.07) is 0. The Kier molecular flexibility index (Phi) is 5.12. The first-order valence-electron chi connectivity index (χ1n) is 9.23. The molecule has 7 atom stereocenters. The molecule has 2 heterocycles. The Balaban J connectivity index is 1.89. The molecule has 0 aromatic carbocycles. The third-order valence-corrected chi connectivity index (χ3v) is 5.71. The summed E-state index contributed by atoms with van der Waals surface area (Å²) in [6.45, 7) is 4.48. The van der Waals surface area contributed by atoms with Crippen molar-refractivity contribution in [2.24, 2.45) is 0 Å². The number of rotatable bonds is 6. The summed E-state index contributed by atoms with van der Waals surface area (Å²) in [5.74, 6) is 0. The number of epoxide rings is 1. The Hall–Kier alpha value is -0.800. The van der Waals surface area contributed by atoms with Crippen molar-refractivity contribution in [1.29, 1.82) is 0 Å². The van der Waals surface area contributed by atoms with Crippen LogP contribution in [0.2, 0.25) is 0 Å². The molecule has 1 saturated carbocycles. The molecule has 0 aromatic heterocycles. The molecule has 3 aliphatic rings. The van der Waals surface area contributed by atoms with Crippen LogP contribution < -0.4 is 0 Å². The van der Waals surface area contributed by atoms with Crippen molar-refractivity contribution in [3.63, 3.8) is 0 Å². The Morgan fingerprint density at radius 1 is 1.31 bits per heavy atom. The zero-order valence-electron chi connectivity index (χ0n) is 15.5. The van der Waals surface area contributed by atoms with Crippen LogP contribution in [-0.4, -0.2) is 79.5 Å². The SMILES string of the molecule is CCCC(O)C=CC=C1C2OC2C2(O)CC(C(C)(C)O)OC2C1(O)CO. The fourth-order valence-electron chi connectivity index (χ4n) is 4.16. The Morgan fingerprint density at radius 2 is 2.00 bits per heavy atom. The van der Waals surface area contributed by atoms with Crippen molar-refractivity contribution in [1.82, 2.24) is 0 Å². The van der Waals surface area contributed by atoms with Crippen molar-refractivity contribution in [3.05, 3.63) is 23.8 Å². The minimum Gasteiger partial charge on any atom is -0.393 e. The standard InChI is InChI=1S/C19H30O7/c1-4-6-11(21)7-5-8-12-14-15(26-14)18(23)9-13(17(2,3)22)25-16(18)19(12,24)10-20/h5,7-8,11,13-16,20-24H,4,6,9-10H2,1-3H3. The molecule has 0 bridgehead atoms. The van der Waals surface area contributed by atoms with Gasteiger partial charge in [-0.05, 0) is 25.8 Å². The van der Waals surface area contributed by atoms with Gasteiger partial charge in [-0.1, -0.05) is 31.6 Å². The summed E-state index contributed by atoms with van der Waals surface area (Å²) in [4.78, 5) is 0. The highest BCUT2D eigenvalue weighted by atomic mass is 16.6. The monoisotopic (exact) mass is 370 g/mol. The van der Waals surface area contributed by atoms with Gasteiger partial charge >= 0.3 is 0 Å². The number of fused-ring (bicyclic) bond motifs is 3. The van der Waals surface area contributed by atoms with Gasteiger partial charge < -0.3 is 35.0 Å². The van der Waals surface area contributed by atoms with Gasteiger partial charge in [0, 0.05) is 6.42 Å². The van der Waals surface area contributed by atoms with Crippen LogP contribution in [0.1, 0.15) is 40.0 Å². The van der Waals surface area contributed by atoms with Crippen LogP contribution in [0.15, 0.2) is 23.8 Å². The lowest BCUT2D eigenvalue weighted by molar-refractivity contribution is -0.183. The first-order chi connectivity index (χ1) is 12.1. The second kappa shape index (κ2) is 6.67. The van der Waals surface area contributed by atoms with Crippen LogP contribution in [0, 0.1) is 0 Å². The number of allylic oxidation sites excluding steroid dienone is 2. The number of hydrogen-bond donors (Lipinski definition) is 5. The van der Waals surface area contributed by atoms with E-state index < -0.39 is 53.9 Å². The number of ether oxygens (including phenoxy) is 2. The van der Waals surface area contributed by atoms with Crippen molar-refractivity contribution >= 4 is 0 Å². The largest absolute Gasteiger partial charge is 0.393 e. The van der Waals surface area contributed by atoms with E-state index in [4.69, 9.17) is 9.47 Å². The Bertz CT molecular complexity index is 595. The first kappa shape index (κ1) is 19.9. The second-order valence-electron chi connectivity index (χ2n) is 8.28. The molecule has 1 aliphatic carbocycles. The number of aliphatic hydroxyl groups excluding tert-OH is 2. The van der Waals surface area contributed by atoms with Gasteiger partial charge in [0.1, 0.15) is 29.5 Å². The zero-order valence-corrected chi connectivity index (χ0v) is 15.5. The topological polar surface area (TPSA) is 123 Å². The van der Waals surface area contributed by atoms with Crippen LogP contribution in [0.3, 0.4) is 0 Å². The molecule has 7 heteroatoms. The van der Waals surface area contributed by atoms with Crippen LogP contribution in [0.25, 0.3) is 0 Å². The van der Waals surface area contributed by atoms with Crippen LogP contribution in [0.5, 0.6) is 0 Å². The number of aliphatic hydroxyl groups is 5. The first-order valence-corrected chi connectivity index (χ1v) is 9.23. The summed E-state index contributed by atoms with van der Waals surface area (Å²) in [7, 11) is 0. The van der Waals surface area contributed by atoms with E-state index in [1.165, 1.54) is 0 Å². The van der Waals surface area contributed by atoms with Gasteiger partial charge in [-0.15, -0.1) is 0 Å². The maximum absolute atomic E-state index is 11.2. The minimum absolute atomic E-state index is 0.114. The van der Waals surface area contributed by atoms with Crippen LogP contribution in [-0.2, 0) is 9.47 Å². The molecular weight excluding hydrogens is 340 g/mol. The van der Waals surface area contributed by atoms with E-state index in [0.717, 1.165) is 6.42 Å². The fraction of sp³-hybridized carbons (Fsp3) is 0.789. The zero-order chi connectivity index (χ0) is 19.3. The summed E-state index contributed by atoms with van der Waals surface area (Å²) >= 11 is 0. The summed E-state index contributed by atoms with van der Waals surface area (Å²) in [5.41, 5.74) is -4.10. The Labute approximate surface area is 153 Å². The maximum atomic E-state index is 11.2. The third-order valence-electron chi connectivity index (χ3n) is 5.71. The molecule has 0 spiro atoms. The predicted molar refractivity (Wildman–Crippen MR) is 93.4 cm³/mol. The molecule has 7 nitrogen and oxygen atoms in total. The van der Waals surface area contributed by atoms with Gasteiger partial charge in [-0.25, -0.2) is 0 Å². The van der Waals surface area contributed by atoms with Gasteiger partial charge in [0.25, 0.3) is 0 Å². The lowest BCUT2D eigenvalue weighted by Gasteiger charge is -2.43. The summed E-state index contributed by atoms with van der Waals surface area (Å²) < 4.78 is 11.5. The quantitative estimate of drug-likeness (QED) is 0.410. The van der Waals surface area contributed by atoms with Gasteiger partial charge in [0.05, 0.1) is 24.4 Å². The molecule has 5 N–H and O–H groups in total. The van der Waals surface area contributed by atoms with E-state index in [9.17, 15) is 25.5 Å². The average molecular weight is 370 g/mol. The van der Waals surface area contributed by atoms with Crippen LogP contribution >= 0.6 is 0 Å². The highest BCUT2D eigenvalue weighted by molar-refractivity contribution is 5.42. The van der Waals surface area contributed by atoms with Gasteiger partial charge in [-0.3, -0.25) is 0 Å². The van der Waals surface area contributed by atoms with E-state index in [2.05, 4.69) is 0 Å². The normalized spacial score (nSPS) is 45.0. The van der Waals surface area contributed by atoms with E-state index in [-0.39, 0.29) is 6.42 Å². The van der Waals surface area contributed by atoms with Gasteiger partial charge in [-0.2, -0.15) is 0 Å². The molecule has 3 rings (SSSR count). The van der Waals surface area contributed by atoms with Crippen molar-refractivity contribution in [3.8, 4) is 0 Å². The third kappa shape index (κ3) is 3.16. The van der Waals surface area contributed by atoms with Crippen molar-refractivity contribution in [2.75, 3.05) is 6.61 Å². The lowest BCUT2D eigenvalue weighted by atomic mass is 9.69. The Morgan fingerprint density at radius 3 is 2.58 bits per heavy atom. The van der Waals surface area contributed by atoms with Gasteiger partial charge in [0.15, 0.2) is 0 Å². The molecular formula is C19H30O7. The van der Waals surface area contributed by atoms with E-state index >= 15 is 0 Å². The molecule has 148 valence electrons. The van der Waals surface area contributed by atoms with E-state index in [0.29, 0.717) is 12.0 Å². The van der Waals surface area contributed by atoms with Gasteiger partial charge in [0.2, 0.25) is 0 Å². The fourth-order valence-corrected chi connectivity index (χ4v) is 4.16. The molecule has 7 unspecified atom stereocenters. The highest BCUT2D eigenvalue weighted by Crippen LogP contribution is 2.57. The summed E-state index contributed by atoms with van der Waals surface area (Å²) in [5, 5.41) is 52.3. The van der Waals surface area contributed by atoms with E-state index in [1.54, 1.807) is 32.1 Å².